The molecule has 14 heavy (non-hydrogen) atoms. The Labute approximate surface area is 83.9 Å². The Kier molecular flexibility index (Phi) is 2.27. The van der Waals surface area contributed by atoms with Gasteiger partial charge in [-0.3, -0.25) is 0 Å². The Morgan fingerprint density at radius 2 is 2.07 bits per heavy atom. The number of anilines is 1. The summed E-state index contributed by atoms with van der Waals surface area (Å²) >= 11 is 0. The zero-order chi connectivity index (χ0) is 9.97. The fraction of sp³-hybridized carbons (Fsp3) is 0.167. The summed E-state index contributed by atoms with van der Waals surface area (Å²) in [6.45, 7) is 3.98. The first-order valence-corrected chi connectivity index (χ1v) is 4.68. The lowest BCUT2D eigenvalue weighted by Gasteiger charge is -2.21. The molecule has 2 rings (SSSR count). The van der Waals surface area contributed by atoms with Crippen LogP contribution >= 0.6 is 0 Å². The topological polar surface area (TPSA) is 21.3 Å². The number of fused-ring (bicyclic) bond motifs is 1. The lowest BCUT2D eigenvalue weighted by molar-refractivity contribution is 0.433. The third-order valence-electron chi connectivity index (χ3n) is 2.12. The molecule has 0 spiro atoms. The highest BCUT2D eigenvalue weighted by molar-refractivity contribution is 5.63. The van der Waals surface area contributed by atoms with Gasteiger partial charge in [-0.05, 0) is 32.1 Å². The number of nitrogens with one attached hydrogen (secondary N) is 1. The summed E-state index contributed by atoms with van der Waals surface area (Å²) in [5.41, 5.74) is 2.07. The van der Waals surface area contributed by atoms with Crippen LogP contribution in [0.2, 0.25) is 0 Å². The highest BCUT2D eigenvalue weighted by Gasteiger charge is 2.13. The van der Waals surface area contributed by atoms with Crippen molar-refractivity contribution in [2.75, 3.05) is 5.32 Å². The van der Waals surface area contributed by atoms with Crippen LogP contribution in [0.4, 0.5) is 5.69 Å². The molecule has 1 aliphatic heterocycles. The van der Waals surface area contributed by atoms with Gasteiger partial charge in [-0.15, -0.1) is 0 Å². The van der Waals surface area contributed by atoms with Crippen LogP contribution in [0.1, 0.15) is 13.8 Å². The van der Waals surface area contributed by atoms with Crippen LogP contribution in [0.25, 0.3) is 0 Å². The second kappa shape index (κ2) is 3.58. The minimum atomic E-state index is 0.881. The monoisotopic (exact) mass is 187 g/mol. The van der Waals surface area contributed by atoms with E-state index >= 15 is 0 Å². The van der Waals surface area contributed by atoms with Gasteiger partial charge in [0.15, 0.2) is 5.75 Å². The Morgan fingerprint density at radius 1 is 1.29 bits per heavy atom. The molecule has 1 aromatic carbocycles. The molecule has 0 bridgehead atoms. The van der Waals surface area contributed by atoms with E-state index in [0.29, 0.717) is 0 Å². The van der Waals surface area contributed by atoms with E-state index in [1.165, 1.54) is 0 Å². The summed E-state index contributed by atoms with van der Waals surface area (Å²) in [6, 6.07) is 7.92. The summed E-state index contributed by atoms with van der Waals surface area (Å²) in [4.78, 5) is 0. The van der Waals surface area contributed by atoms with Gasteiger partial charge < -0.3 is 10.1 Å². The molecule has 2 nitrogen and oxygen atoms in total. The molecule has 1 N–H and O–H groups in total. The Bertz CT molecular complexity index is 405. The normalized spacial score (nSPS) is 15.0. The molecular weight excluding hydrogens is 174 g/mol. The van der Waals surface area contributed by atoms with Crippen molar-refractivity contribution in [3.05, 3.63) is 47.9 Å². The molecule has 0 radical (unpaired) electrons. The van der Waals surface area contributed by atoms with E-state index < -0.39 is 0 Å². The van der Waals surface area contributed by atoms with Crippen molar-refractivity contribution in [1.29, 1.82) is 0 Å². The fourth-order valence-corrected chi connectivity index (χ4v) is 1.43. The second-order valence-electron chi connectivity index (χ2n) is 3.21. The van der Waals surface area contributed by atoms with E-state index in [0.717, 1.165) is 22.9 Å². The summed E-state index contributed by atoms with van der Waals surface area (Å²) in [5.74, 6) is 1.76. The second-order valence-corrected chi connectivity index (χ2v) is 3.21. The molecule has 0 saturated carbocycles. The van der Waals surface area contributed by atoms with Crippen LogP contribution in [0.15, 0.2) is 47.9 Å². The number of hydrogen-bond acceptors (Lipinski definition) is 2. The van der Waals surface area contributed by atoms with Crippen molar-refractivity contribution in [1.82, 2.24) is 0 Å². The van der Waals surface area contributed by atoms with E-state index in [1.54, 1.807) is 0 Å². The van der Waals surface area contributed by atoms with Crippen molar-refractivity contribution >= 4 is 5.69 Å². The molecule has 0 fully saturated rings. The van der Waals surface area contributed by atoms with Gasteiger partial charge in [-0.2, -0.15) is 0 Å². The first kappa shape index (κ1) is 8.88. The maximum atomic E-state index is 5.71. The van der Waals surface area contributed by atoms with Crippen molar-refractivity contribution in [2.45, 2.75) is 13.8 Å². The summed E-state index contributed by atoms with van der Waals surface area (Å²) < 4.78 is 5.71. The van der Waals surface area contributed by atoms with E-state index in [-0.39, 0.29) is 0 Å². The van der Waals surface area contributed by atoms with Crippen LogP contribution in [0.3, 0.4) is 0 Å². The molecule has 1 aromatic rings. The van der Waals surface area contributed by atoms with Gasteiger partial charge in [0.2, 0.25) is 0 Å². The first-order valence-electron chi connectivity index (χ1n) is 4.68. The molecule has 0 unspecified atom stereocenters. The van der Waals surface area contributed by atoms with Gasteiger partial charge in [0.25, 0.3) is 0 Å². The SMILES string of the molecule is C/C=C\C1=C(C)Nc2ccccc2O1. The molecule has 1 aliphatic rings. The third-order valence-corrected chi connectivity index (χ3v) is 2.12. The quantitative estimate of drug-likeness (QED) is 0.728. The number of rotatable bonds is 1. The van der Waals surface area contributed by atoms with Crippen molar-refractivity contribution < 1.29 is 4.74 Å². The number of allylic oxidation sites excluding steroid dienone is 3. The van der Waals surface area contributed by atoms with Crippen LogP contribution in [-0.2, 0) is 0 Å². The Balaban J connectivity index is 2.36. The lowest BCUT2D eigenvalue weighted by Crippen LogP contribution is -2.10. The van der Waals surface area contributed by atoms with Crippen molar-refractivity contribution in [3.63, 3.8) is 0 Å². The van der Waals surface area contributed by atoms with Gasteiger partial charge in [-0.25, -0.2) is 0 Å². The van der Waals surface area contributed by atoms with Gasteiger partial charge in [-0.1, -0.05) is 18.2 Å². The van der Waals surface area contributed by atoms with Gasteiger partial charge in [0, 0.05) is 0 Å². The molecule has 0 aliphatic carbocycles. The minimum Gasteiger partial charge on any atom is -0.453 e. The van der Waals surface area contributed by atoms with E-state index in [9.17, 15) is 0 Å². The van der Waals surface area contributed by atoms with Crippen LogP contribution < -0.4 is 10.1 Å². The van der Waals surface area contributed by atoms with E-state index in [1.807, 2.05) is 50.3 Å². The third kappa shape index (κ3) is 1.51. The zero-order valence-electron chi connectivity index (χ0n) is 8.37. The van der Waals surface area contributed by atoms with Crippen molar-refractivity contribution in [3.8, 4) is 5.75 Å². The predicted octanol–water partition coefficient (Wildman–Crippen LogP) is 3.30. The van der Waals surface area contributed by atoms with Crippen LogP contribution in [-0.4, -0.2) is 0 Å². The van der Waals surface area contributed by atoms with Crippen LogP contribution in [0.5, 0.6) is 5.75 Å². The molecule has 0 saturated heterocycles. The predicted molar refractivity (Wildman–Crippen MR) is 58.2 cm³/mol. The summed E-state index contributed by atoms with van der Waals surface area (Å²) in [5, 5.41) is 3.30. The largest absolute Gasteiger partial charge is 0.453 e. The number of hydrogen-bond donors (Lipinski definition) is 1. The molecule has 0 aromatic heterocycles. The first-order chi connectivity index (χ1) is 6.81. The van der Waals surface area contributed by atoms with Crippen molar-refractivity contribution in [2.24, 2.45) is 0 Å². The summed E-state index contributed by atoms with van der Waals surface area (Å²) in [6.07, 6.45) is 3.92. The smallest absolute Gasteiger partial charge is 0.150 e. The van der Waals surface area contributed by atoms with E-state index in [4.69, 9.17) is 4.74 Å². The maximum absolute atomic E-state index is 5.71. The standard InChI is InChI=1S/C12H13NO/c1-3-6-11-9(2)13-10-7-4-5-8-12(10)14-11/h3-8,13H,1-2H3/b6-3-. The molecule has 2 heteroatoms. The fourth-order valence-electron chi connectivity index (χ4n) is 1.43. The molecular formula is C12H13NO. The average molecular weight is 187 g/mol. The summed E-state index contributed by atoms with van der Waals surface area (Å²) in [7, 11) is 0. The number of para-hydroxylation sites is 2. The average Bonchev–Trinajstić information content (AvgIpc) is 2.19. The molecule has 0 atom stereocenters. The zero-order valence-corrected chi connectivity index (χ0v) is 8.37. The molecule has 72 valence electrons. The van der Waals surface area contributed by atoms with Crippen LogP contribution in [0, 0.1) is 0 Å². The lowest BCUT2D eigenvalue weighted by atomic mass is 10.2. The maximum Gasteiger partial charge on any atom is 0.150 e. The van der Waals surface area contributed by atoms with E-state index in [2.05, 4.69) is 5.32 Å². The Hall–Kier alpha value is -1.70. The van der Waals surface area contributed by atoms with Gasteiger partial charge in [0.1, 0.15) is 5.76 Å². The van der Waals surface area contributed by atoms with Gasteiger partial charge >= 0.3 is 0 Å². The highest BCUT2D eigenvalue weighted by atomic mass is 16.5. The molecule has 0 amide bonds. The number of benzene rings is 1. The highest BCUT2D eigenvalue weighted by Crippen LogP contribution is 2.32. The van der Waals surface area contributed by atoms with Gasteiger partial charge in [0.05, 0.1) is 11.4 Å². The Morgan fingerprint density at radius 3 is 2.86 bits per heavy atom. The minimum absolute atomic E-state index is 0.881. The number of ether oxygens (including phenoxy) is 1. The molecule has 1 heterocycles.